The summed E-state index contributed by atoms with van der Waals surface area (Å²) in [6.07, 6.45) is 3.06. The molecule has 1 aromatic carbocycles. The molecule has 0 bridgehead atoms. The molecule has 1 aromatic heterocycles. The number of carbonyl (C=O) groups excluding carboxylic acids is 1. The van der Waals surface area contributed by atoms with Crippen LogP contribution in [-0.2, 0) is 7.05 Å². The number of nitrogens with one attached hydrogen (secondary N) is 1. The highest BCUT2D eigenvalue weighted by molar-refractivity contribution is 5.97. The lowest BCUT2D eigenvalue weighted by molar-refractivity contribution is 0.0936. The highest BCUT2D eigenvalue weighted by Crippen LogP contribution is 2.12. The molecule has 0 radical (unpaired) electrons. The molecule has 2 aromatic rings. The Morgan fingerprint density at radius 3 is 3.00 bits per heavy atom. The van der Waals surface area contributed by atoms with E-state index >= 15 is 0 Å². The Morgan fingerprint density at radius 1 is 1.50 bits per heavy atom. The Kier molecular flexibility index (Phi) is 4.68. The molecule has 6 heteroatoms. The molecule has 1 unspecified atom stereocenters. The van der Waals surface area contributed by atoms with E-state index in [2.05, 4.69) is 22.6 Å². The highest BCUT2D eigenvalue weighted by Gasteiger charge is 2.13. The first-order valence-electron chi connectivity index (χ1n) is 6.96. The van der Waals surface area contributed by atoms with Gasteiger partial charge < -0.3 is 11.1 Å². The van der Waals surface area contributed by atoms with Gasteiger partial charge in [-0.2, -0.15) is 0 Å². The van der Waals surface area contributed by atoms with Crippen LogP contribution in [0.3, 0.4) is 0 Å². The van der Waals surface area contributed by atoms with E-state index in [9.17, 15) is 4.79 Å². The molecule has 0 spiro atoms. The smallest absolute Gasteiger partial charge is 0.251 e. The first kappa shape index (κ1) is 14.5. The van der Waals surface area contributed by atoms with Gasteiger partial charge in [-0.05, 0) is 24.6 Å². The van der Waals surface area contributed by atoms with Crippen molar-refractivity contribution in [2.45, 2.75) is 32.2 Å². The molecule has 0 aliphatic heterocycles. The van der Waals surface area contributed by atoms with Gasteiger partial charge in [-0.1, -0.05) is 25.0 Å². The Morgan fingerprint density at radius 2 is 2.30 bits per heavy atom. The summed E-state index contributed by atoms with van der Waals surface area (Å²) in [6.45, 7) is 2.58. The number of aromatic nitrogens is 3. The fraction of sp³-hybridized carbons (Fsp3) is 0.500. The Bertz CT molecular complexity index is 592. The molecule has 0 saturated heterocycles. The number of hydrogen-bond acceptors (Lipinski definition) is 4. The Labute approximate surface area is 118 Å². The third-order valence-corrected chi connectivity index (χ3v) is 3.40. The second-order valence-corrected chi connectivity index (χ2v) is 4.96. The van der Waals surface area contributed by atoms with Crippen LogP contribution in [0.5, 0.6) is 0 Å². The zero-order chi connectivity index (χ0) is 14.5. The summed E-state index contributed by atoms with van der Waals surface area (Å²) in [5, 5.41) is 10.9. The van der Waals surface area contributed by atoms with Crippen LogP contribution < -0.4 is 11.1 Å². The van der Waals surface area contributed by atoms with Crippen LogP contribution in [-0.4, -0.2) is 33.5 Å². The summed E-state index contributed by atoms with van der Waals surface area (Å²) < 4.78 is 1.68. The minimum atomic E-state index is -0.107. The van der Waals surface area contributed by atoms with Gasteiger partial charge in [-0.15, -0.1) is 5.10 Å². The van der Waals surface area contributed by atoms with E-state index < -0.39 is 0 Å². The lowest BCUT2D eigenvalue weighted by atomic mass is 10.1. The summed E-state index contributed by atoms with van der Waals surface area (Å²) in [6, 6.07) is 5.42. The first-order chi connectivity index (χ1) is 9.65. The number of fused-ring (bicyclic) bond motifs is 1. The predicted octanol–water partition coefficient (Wildman–Crippen LogP) is 1.22. The van der Waals surface area contributed by atoms with Crippen molar-refractivity contribution in [2.24, 2.45) is 12.8 Å². The number of unbranched alkanes of at least 4 members (excludes halogenated alkanes) is 1. The molecule has 6 nitrogen and oxygen atoms in total. The summed E-state index contributed by atoms with van der Waals surface area (Å²) >= 11 is 0. The summed E-state index contributed by atoms with van der Waals surface area (Å²) in [4.78, 5) is 12.2. The fourth-order valence-corrected chi connectivity index (χ4v) is 2.15. The van der Waals surface area contributed by atoms with Gasteiger partial charge in [0.05, 0.1) is 5.52 Å². The van der Waals surface area contributed by atoms with E-state index in [1.54, 1.807) is 16.8 Å². The van der Waals surface area contributed by atoms with Crippen molar-refractivity contribution in [3.63, 3.8) is 0 Å². The number of carbonyl (C=O) groups is 1. The predicted molar refractivity (Wildman–Crippen MR) is 78.3 cm³/mol. The fourth-order valence-electron chi connectivity index (χ4n) is 2.15. The molecule has 1 amide bonds. The van der Waals surface area contributed by atoms with Gasteiger partial charge in [0.25, 0.3) is 5.91 Å². The van der Waals surface area contributed by atoms with E-state index in [-0.39, 0.29) is 11.9 Å². The minimum absolute atomic E-state index is 0.0278. The monoisotopic (exact) mass is 275 g/mol. The number of aryl methyl sites for hydroxylation is 1. The number of nitrogens with two attached hydrogens (primary N) is 1. The zero-order valence-electron chi connectivity index (χ0n) is 12.0. The van der Waals surface area contributed by atoms with Crippen LogP contribution in [0.1, 0.15) is 36.5 Å². The molecule has 3 N–H and O–H groups in total. The van der Waals surface area contributed by atoms with Gasteiger partial charge in [-0.25, -0.2) is 4.68 Å². The minimum Gasteiger partial charge on any atom is -0.348 e. The van der Waals surface area contributed by atoms with Crippen LogP contribution in [0.25, 0.3) is 11.0 Å². The van der Waals surface area contributed by atoms with Crippen molar-refractivity contribution in [3.8, 4) is 0 Å². The largest absolute Gasteiger partial charge is 0.348 e. The molecule has 108 valence electrons. The molecule has 0 aliphatic carbocycles. The van der Waals surface area contributed by atoms with Crippen molar-refractivity contribution in [1.29, 1.82) is 0 Å². The maximum absolute atomic E-state index is 12.2. The van der Waals surface area contributed by atoms with Gasteiger partial charge in [0.15, 0.2) is 0 Å². The average Bonchev–Trinajstić information content (AvgIpc) is 2.84. The molecule has 0 aliphatic rings. The normalized spacial score (nSPS) is 12.6. The summed E-state index contributed by atoms with van der Waals surface area (Å²) in [5.41, 5.74) is 7.91. The van der Waals surface area contributed by atoms with E-state index in [1.165, 1.54) is 0 Å². The van der Waals surface area contributed by atoms with E-state index in [4.69, 9.17) is 5.73 Å². The van der Waals surface area contributed by atoms with Crippen LogP contribution in [0.2, 0.25) is 0 Å². The van der Waals surface area contributed by atoms with Crippen LogP contribution in [0.15, 0.2) is 18.2 Å². The average molecular weight is 275 g/mol. The van der Waals surface area contributed by atoms with Crippen molar-refractivity contribution in [1.82, 2.24) is 20.3 Å². The molecule has 1 atom stereocenters. The second kappa shape index (κ2) is 6.47. The molecule has 0 saturated carbocycles. The van der Waals surface area contributed by atoms with E-state index in [0.717, 1.165) is 30.3 Å². The van der Waals surface area contributed by atoms with E-state index in [1.807, 2.05) is 13.1 Å². The van der Waals surface area contributed by atoms with Crippen molar-refractivity contribution in [2.75, 3.05) is 6.54 Å². The van der Waals surface area contributed by atoms with Crippen molar-refractivity contribution < 1.29 is 4.79 Å². The summed E-state index contributed by atoms with van der Waals surface area (Å²) in [7, 11) is 1.82. The molecule has 1 heterocycles. The summed E-state index contributed by atoms with van der Waals surface area (Å²) in [5.74, 6) is -0.107. The van der Waals surface area contributed by atoms with Gasteiger partial charge in [0.1, 0.15) is 5.52 Å². The lowest BCUT2D eigenvalue weighted by Gasteiger charge is -2.16. The van der Waals surface area contributed by atoms with Gasteiger partial charge in [0.2, 0.25) is 0 Å². The van der Waals surface area contributed by atoms with Crippen LogP contribution >= 0.6 is 0 Å². The maximum atomic E-state index is 12.2. The SMILES string of the molecule is CCCCC(CN)NC(=O)c1ccc2c(c1)nnn2C. The molecule has 0 fully saturated rings. The molecular weight excluding hydrogens is 254 g/mol. The van der Waals surface area contributed by atoms with E-state index in [0.29, 0.717) is 12.1 Å². The van der Waals surface area contributed by atoms with Crippen LogP contribution in [0.4, 0.5) is 0 Å². The first-order valence-corrected chi connectivity index (χ1v) is 6.96. The lowest BCUT2D eigenvalue weighted by Crippen LogP contribution is -2.40. The van der Waals surface area contributed by atoms with Gasteiger partial charge in [-0.3, -0.25) is 4.79 Å². The van der Waals surface area contributed by atoms with Crippen molar-refractivity contribution in [3.05, 3.63) is 23.8 Å². The number of amides is 1. The highest BCUT2D eigenvalue weighted by atomic mass is 16.1. The quantitative estimate of drug-likeness (QED) is 0.830. The maximum Gasteiger partial charge on any atom is 0.251 e. The third-order valence-electron chi connectivity index (χ3n) is 3.40. The molecule has 2 rings (SSSR count). The number of rotatable bonds is 6. The molecular formula is C14H21N5O. The topological polar surface area (TPSA) is 85.8 Å². The second-order valence-electron chi connectivity index (χ2n) is 4.96. The number of nitrogens with zero attached hydrogens (tertiary/aromatic N) is 3. The van der Waals surface area contributed by atoms with Crippen LogP contribution in [0, 0.1) is 0 Å². The number of hydrogen-bond donors (Lipinski definition) is 2. The zero-order valence-corrected chi connectivity index (χ0v) is 12.0. The Hall–Kier alpha value is -1.95. The van der Waals surface area contributed by atoms with Gasteiger partial charge in [0, 0.05) is 25.2 Å². The van der Waals surface area contributed by atoms with Crippen molar-refractivity contribution >= 4 is 16.9 Å². The number of benzene rings is 1. The van der Waals surface area contributed by atoms with Gasteiger partial charge >= 0.3 is 0 Å². The standard InChI is InChI=1S/C14H21N5O/c1-3-4-5-11(9-15)16-14(20)10-6-7-13-12(8-10)17-18-19(13)2/h6-8,11H,3-5,9,15H2,1-2H3,(H,16,20). The molecule has 20 heavy (non-hydrogen) atoms. The third kappa shape index (κ3) is 3.14. The Balaban J connectivity index is 2.10.